The van der Waals surface area contributed by atoms with Crippen LogP contribution >= 0.6 is 11.6 Å². The van der Waals surface area contributed by atoms with Crippen LogP contribution in [-0.2, 0) is 0 Å². The van der Waals surface area contributed by atoms with E-state index >= 15 is 0 Å². The molecule has 92 valence electrons. The van der Waals surface area contributed by atoms with Gasteiger partial charge in [0.15, 0.2) is 5.75 Å². The average Bonchev–Trinajstić information content (AvgIpc) is 2.26. The fraction of sp³-hybridized carbons (Fsp3) is 0.250. The molecule has 0 aliphatic heterocycles. The molecular formula is C8H7ClN2O6. The lowest BCUT2D eigenvalue weighted by Gasteiger charge is -2.08. The zero-order valence-electron chi connectivity index (χ0n) is 8.80. The largest absolute Gasteiger partial charge is 0.493 e. The van der Waals surface area contributed by atoms with E-state index in [1.165, 1.54) is 7.11 Å². The average molecular weight is 263 g/mol. The highest BCUT2D eigenvalue weighted by molar-refractivity contribution is 6.33. The van der Waals surface area contributed by atoms with Crippen molar-refractivity contribution in [2.75, 3.05) is 14.2 Å². The molecule has 0 radical (unpaired) electrons. The summed E-state index contributed by atoms with van der Waals surface area (Å²) < 4.78 is 9.55. The van der Waals surface area contributed by atoms with E-state index in [-0.39, 0.29) is 16.5 Å². The van der Waals surface area contributed by atoms with E-state index in [1.807, 2.05) is 0 Å². The molecule has 1 aromatic rings. The van der Waals surface area contributed by atoms with Crippen LogP contribution in [-0.4, -0.2) is 24.1 Å². The van der Waals surface area contributed by atoms with Crippen LogP contribution in [0.1, 0.15) is 0 Å². The lowest BCUT2D eigenvalue weighted by Crippen LogP contribution is -2.02. The smallest absolute Gasteiger partial charge is 0.392 e. The highest BCUT2D eigenvalue weighted by Crippen LogP contribution is 2.47. The summed E-state index contributed by atoms with van der Waals surface area (Å²) in [6, 6.07) is 1.09. The Kier molecular flexibility index (Phi) is 3.69. The SMILES string of the molecule is COc1cc(Cl)c([N+](=O)[O-])c([N+](=O)[O-])c1OC. The molecule has 0 N–H and O–H groups in total. The molecule has 0 spiro atoms. The van der Waals surface area contributed by atoms with Crippen molar-refractivity contribution in [3.8, 4) is 11.5 Å². The molecule has 17 heavy (non-hydrogen) atoms. The normalized spacial score (nSPS) is 9.82. The molecule has 1 aromatic carbocycles. The first-order valence-electron chi connectivity index (χ1n) is 4.17. The molecule has 0 aromatic heterocycles. The molecule has 0 atom stereocenters. The molecular weight excluding hydrogens is 256 g/mol. The lowest BCUT2D eigenvalue weighted by molar-refractivity contribution is -0.423. The van der Waals surface area contributed by atoms with Gasteiger partial charge in [0.25, 0.3) is 0 Å². The Morgan fingerprint density at radius 3 is 2.00 bits per heavy atom. The van der Waals surface area contributed by atoms with Crippen molar-refractivity contribution >= 4 is 23.0 Å². The van der Waals surface area contributed by atoms with Crippen molar-refractivity contribution < 1.29 is 19.3 Å². The third-order valence-electron chi connectivity index (χ3n) is 1.94. The van der Waals surface area contributed by atoms with Gasteiger partial charge in [-0.25, -0.2) is 0 Å². The van der Waals surface area contributed by atoms with E-state index in [2.05, 4.69) is 0 Å². The van der Waals surface area contributed by atoms with Gasteiger partial charge in [0.05, 0.1) is 24.1 Å². The van der Waals surface area contributed by atoms with Crippen LogP contribution in [0.25, 0.3) is 0 Å². The van der Waals surface area contributed by atoms with Crippen LogP contribution < -0.4 is 9.47 Å². The maximum absolute atomic E-state index is 10.8. The summed E-state index contributed by atoms with van der Waals surface area (Å²) in [5, 5.41) is 21.2. The zero-order chi connectivity index (χ0) is 13.2. The Bertz CT molecular complexity index is 489. The number of nitro groups is 2. The van der Waals surface area contributed by atoms with E-state index in [0.717, 1.165) is 13.2 Å². The molecule has 0 saturated heterocycles. The van der Waals surface area contributed by atoms with E-state index < -0.39 is 21.2 Å². The first-order chi connectivity index (χ1) is 7.93. The summed E-state index contributed by atoms with van der Waals surface area (Å²) in [7, 11) is 2.38. The quantitative estimate of drug-likeness (QED) is 0.608. The van der Waals surface area contributed by atoms with Crippen molar-refractivity contribution in [3.63, 3.8) is 0 Å². The predicted molar refractivity (Wildman–Crippen MR) is 57.9 cm³/mol. The van der Waals surface area contributed by atoms with Gasteiger partial charge in [-0.3, -0.25) is 20.2 Å². The molecule has 0 amide bonds. The maximum Gasteiger partial charge on any atom is 0.392 e. The maximum atomic E-state index is 10.8. The molecule has 0 aliphatic rings. The van der Waals surface area contributed by atoms with Crippen molar-refractivity contribution in [2.45, 2.75) is 0 Å². The second kappa shape index (κ2) is 4.83. The van der Waals surface area contributed by atoms with Gasteiger partial charge in [-0.1, -0.05) is 11.6 Å². The number of ether oxygens (including phenoxy) is 2. The zero-order valence-corrected chi connectivity index (χ0v) is 9.56. The molecule has 0 fully saturated rings. The molecule has 0 saturated carbocycles. The highest BCUT2D eigenvalue weighted by atomic mass is 35.5. The minimum absolute atomic E-state index is 0.0465. The Hall–Kier alpha value is -2.09. The van der Waals surface area contributed by atoms with E-state index in [1.54, 1.807) is 0 Å². The molecule has 8 nitrogen and oxygen atoms in total. The van der Waals surface area contributed by atoms with Crippen molar-refractivity contribution in [1.29, 1.82) is 0 Å². The topological polar surface area (TPSA) is 105 Å². The number of hydrogen-bond donors (Lipinski definition) is 0. The van der Waals surface area contributed by atoms with E-state index in [4.69, 9.17) is 21.1 Å². The van der Waals surface area contributed by atoms with Gasteiger partial charge in [-0.15, -0.1) is 0 Å². The number of methoxy groups -OCH3 is 2. The molecule has 0 aliphatic carbocycles. The number of rotatable bonds is 4. The third-order valence-corrected chi connectivity index (χ3v) is 2.22. The Morgan fingerprint density at radius 1 is 1.12 bits per heavy atom. The summed E-state index contributed by atoms with van der Waals surface area (Å²) in [6.07, 6.45) is 0. The number of halogens is 1. The Balaban J connectivity index is 3.73. The minimum atomic E-state index is -0.942. The van der Waals surface area contributed by atoms with Crippen LogP contribution in [0.2, 0.25) is 5.02 Å². The first kappa shape index (κ1) is 13.0. The third kappa shape index (κ3) is 2.21. The lowest BCUT2D eigenvalue weighted by atomic mass is 10.2. The number of nitrogens with zero attached hydrogens (tertiary/aromatic N) is 2. The summed E-state index contributed by atoms with van der Waals surface area (Å²) in [5.41, 5.74) is -1.66. The minimum Gasteiger partial charge on any atom is -0.493 e. The monoisotopic (exact) mass is 262 g/mol. The van der Waals surface area contributed by atoms with Gasteiger partial charge in [0.1, 0.15) is 5.02 Å². The van der Waals surface area contributed by atoms with Crippen molar-refractivity contribution in [2.24, 2.45) is 0 Å². The van der Waals surface area contributed by atoms with Gasteiger partial charge in [0.2, 0.25) is 5.75 Å². The van der Waals surface area contributed by atoms with Gasteiger partial charge in [-0.2, -0.15) is 0 Å². The molecule has 9 heteroatoms. The van der Waals surface area contributed by atoms with Gasteiger partial charge >= 0.3 is 11.4 Å². The van der Waals surface area contributed by atoms with Crippen LogP contribution in [0.4, 0.5) is 11.4 Å². The highest BCUT2D eigenvalue weighted by Gasteiger charge is 2.36. The van der Waals surface area contributed by atoms with E-state index in [9.17, 15) is 20.2 Å². The van der Waals surface area contributed by atoms with Crippen LogP contribution in [0.5, 0.6) is 11.5 Å². The van der Waals surface area contributed by atoms with Gasteiger partial charge in [-0.05, 0) is 0 Å². The summed E-state index contributed by atoms with van der Waals surface area (Å²) in [5.74, 6) is -0.386. The fourth-order valence-corrected chi connectivity index (χ4v) is 1.54. The summed E-state index contributed by atoms with van der Waals surface area (Å²) in [4.78, 5) is 19.7. The predicted octanol–water partition coefficient (Wildman–Crippen LogP) is 2.17. The second-order valence-electron chi connectivity index (χ2n) is 2.81. The van der Waals surface area contributed by atoms with Crippen LogP contribution in [0.15, 0.2) is 6.07 Å². The standard InChI is InChI=1S/C8H7ClN2O6/c1-16-5-3-4(9)6(10(12)13)7(11(14)15)8(5)17-2/h3H,1-2H3. The number of hydrogen-bond acceptors (Lipinski definition) is 6. The van der Waals surface area contributed by atoms with Crippen LogP contribution in [0, 0.1) is 20.2 Å². The Morgan fingerprint density at radius 2 is 1.65 bits per heavy atom. The number of benzene rings is 1. The summed E-state index contributed by atoms with van der Waals surface area (Å²) in [6.45, 7) is 0. The first-order valence-corrected chi connectivity index (χ1v) is 4.55. The molecule has 0 bridgehead atoms. The molecule has 0 unspecified atom stereocenters. The van der Waals surface area contributed by atoms with Crippen molar-refractivity contribution in [1.82, 2.24) is 0 Å². The number of nitro benzene ring substituents is 2. The summed E-state index contributed by atoms with van der Waals surface area (Å²) >= 11 is 5.60. The Labute approximate surface area is 100.0 Å². The second-order valence-corrected chi connectivity index (χ2v) is 3.21. The van der Waals surface area contributed by atoms with E-state index in [0.29, 0.717) is 0 Å². The van der Waals surface area contributed by atoms with Crippen molar-refractivity contribution in [3.05, 3.63) is 31.3 Å². The van der Waals surface area contributed by atoms with Crippen LogP contribution in [0.3, 0.4) is 0 Å². The van der Waals surface area contributed by atoms with Gasteiger partial charge in [0, 0.05) is 6.07 Å². The fourth-order valence-electron chi connectivity index (χ4n) is 1.28. The molecule has 0 heterocycles. The molecule has 1 rings (SSSR count). The van der Waals surface area contributed by atoms with Gasteiger partial charge < -0.3 is 9.47 Å².